The molecule has 2 nitrogen and oxygen atoms in total. The average molecular weight is 210 g/mol. The number of hydrogen-bond donors (Lipinski definition) is 1. The Morgan fingerprint density at radius 2 is 1.73 bits per heavy atom. The summed E-state index contributed by atoms with van der Waals surface area (Å²) in [5.74, 6) is 0.522. The fraction of sp³-hybridized carbons (Fsp3) is 1.00. The van der Waals surface area contributed by atoms with E-state index in [9.17, 15) is 5.11 Å². The molecule has 15 heavy (non-hydrogen) atoms. The average Bonchev–Trinajstić information content (AvgIpc) is 2.65. The van der Waals surface area contributed by atoms with Crippen molar-refractivity contribution in [2.24, 2.45) is 5.92 Å². The Labute approximate surface area is 92.0 Å². The van der Waals surface area contributed by atoms with Gasteiger partial charge in [0, 0.05) is 6.61 Å². The maximum absolute atomic E-state index is 10.6. The van der Waals surface area contributed by atoms with E-state index >= 15 is 0 Å². The molecule has 2 aliphatic carbocycles. The molecule has 2 saturated carbocycles. The summed E-state index contributed by atoms with van der Waals surface area (Å²) in [6.45, 7) is 0.882. The number of ether oxygens (including phenoxy) is 1. The minimum atomic E-state index is -0.327. The first kappa shape index (κ1) is 10.1. The van der Waals surface area contributed by atoms with E-state index < -0.39 is 0 Å². The van der Waals surface area contributed by atoms with Crippen LogP contribution in [0.25, 0.3) is 0 Å². The standard InChI is InChI=1S/C13H22O2/c14-13(7-1-2-8-13)11-4-9-15-12(10-11)5-3-6-12/h11,14H,1-10H2. The van der Waals surface area contributed by atoms with Gasteiger partial charge in [-0.2, -0.15) is 0 Å². The van der Waals surface area contributed by atoms with Crippen LogP contribution in [-0.4, -0.2) is 22.9 Å². The molecule has 1 aliphatic heterocycles. The molecule has 1 atom stereocenters. The Morgan fingerprint density at radius 1 is 1.00 bits per heavy atom. The summed E-state index contributed by atoms with van der Waals surface area (Å²) in [5, 5.41) is 10.6. The normalized spacial score (nSPS) is 37.8. The highest BCUT2D eigenvalue weighted by Crippen LogP contribution is 2.49. The van der Waals surface area contributed by atoms with E-state index in [-0.39, 0.29) is 11.2 Å². The van der Waals surface area contributed by atoms with Crippen molar-refractivity contribution in [3.8, 4) is 0 Å². The van der Waals surface area contributed by atoms with Crippen LogP contribution in [0.3, 0.4) is 0 Å². The highest BCUT2D eigenvalue weighted by Gasteiger charge is 2.49. The van der Waals surface area contributed by atoms with Crippen LogP contribution in [0.1, 0.15) is 57.8 Å². The van der Waals surface area contributed by atoms with Gasteiger partial charge in [0.2, 0.25) is 0 Å². The zero-order chi connectivity index (χ0) is 10.4. The second-order valence-electron chi connectivity index (χ2n) is 5.89. The van der Waals surface area contributed by atoms with Crippen molar-refractivity contribution in [3.63, 3.8) is 0 Å². The molecule has 0 aromatic rings. The highest BCUT2D eigenvalue weighted by atomic mass is 16.5. The van der Waals surface area contributed by atoms with Gasteiger partial charge in [-0.15, -0.1) is 0 Å². The van der Waals surface area contributed by atoms with Gasteiger partial charge in [0.1, 0.15) is 0 Å². The van der Waals surface area contributed by atoms with Crippen molar-refractivity contribution in [2.75, 3.05) is 6.61 Å². The van der Waals surface area contributed by atoms with E-state index in [2.05, 4.69) is 0 Å². The minimum Gasteiger partial charge on any atom is -0.390 e. The lowest BCUT2D eigenvalue weighted by Crippen LogP contribution is -2.50. The zero-order valence-corrected chi connectivity index (χ0v) is 9.50. The lowest BCUT2D eigenvalue weighted by atomic mass is 9.67. The topological polar surface area (TPSA) is 29.5 Å². The molecule has 0 radical (unpaired) electrons. The van der Waals surface area contributed by atoms with Gasteiger partial charge in [-0.1, -0.05) is 12.8 Å². The summed E-state index contributed by atoms with van der Waals surface area (Å²) in [7, 11) is 0. The summed E-state index contributed by atoms with van der Waals surface area (Å²) in [6.07, 6.45) is 10.5. The molecular formula is C13H22O2. The van der Waals surface area contributed by atoms with E-state index in [1.165, 1.54) is 32.1 Å². The molecule has 1 N–H and O–H groups in total. The smallest absolute Gasteiger partial charge is 0.0686 e. The SMILES string of the molecule is OC1(C2CCOC3(CCC3)C2)CCCC1. The van der Waals surface area contributed by atoms with Gasteiger partial charge in [0.15, 0.2) is 0 Å². The molecule has 0 aromatic heterocycles. The highest BCUT2D eigenvalue weighted by molar-refractivity contribution is 5.00. The van der Waals surface area contributed by atoms with E-state index in [0.29, 0.717) is 5.92 Å². The predicted molar refractivity (Wildman–Crippen MR) is 58.7 cm³/mol. The molecule has 0 bridgehead atoms. The van der Waals surface area contributed by atoms with Crippen LogP contribution in [0.2, 0.25) is 0 Å². The third-order valence-corrected chi connectivity index (χ3v) is 4.99. The van der Waals surface area contributed by atoms with Gasteiger partial charge in [-0.05, 0) is 50.9 Å². The third-order valence-electron chi connectivity index (χ3n) is 4.99. The molecule has 86 valence electrons. The second kappa shape index (κ2) is 3.46. The molecular weight excluding hydrogens is 188 g/mol. The molecule has 2 heteroatoms. The Kier molecular flexibility index (Phi) is 2.33. The molecule has 3 aliphatic rings. The first-order chi connectivity index (χ1) is 7.23. The Bertz CT molecular complexity index is 239. The van der Waals surface area contributed by atoms with Gasteiger partial charge in [0.05, 0.1) is 11.2 Å². The molecule has 1 saturated heterocycles. The van der Waals surface area contributed by atoms with Crippen molar-refractivity contribution >= 4 is 0 Å². The van der Waals surface area contributed by atoms with Crippen LogP contribution in [-0.2, 0) is 4.74 Å². The van der Waals surface area contributed by atoms with Crippen LogP contribution in [0.4, 0.5) is 0 Å². The molecule has 0 amide bonds. The van der Waals surface area contributed by atoms with Crippen molar-refractivity contribution in [1.82, 2.24) is 0 Å². The Morgan fingerprint density at radius 3 is 2.33 bits per heavy atom. The predicted octanol–water partition coefficient (Wildman–Crippen LogP) is 2.64. The maximum Gasteiger partial charge on any atom is 0.0686 e. The molecule has 3 fully saturated rings. The van der Waals surface area contributed by atoms with Crippen molar-refractivity contribution < 1.29 is 9.84 Å². The van der Waals surface area contributed by atoms with Crippen molar-refractivity contribution in [1.29, 1.82) is 0 Å². The number of rotatable bonds is 1. The molecule has 1 unspecified atom stereocenters. The van der Waals surface area contributed by atoms with Crippen LogP contribution < -0.4 is 0 Å². The zero-order valence-electron chi connectivity index (χ0n) is 9.50. The van der Waals surface area contributed by atoms with Crippen molar-refractivity contribution in [3.05, 3.63) is 0 Å². The van der Waals surface area contributed by atoms with Crippen LogP contribution in [0.15, 0.2) is 0 Å². The van der Waals surface area contributed by atoms with Crippen LogP contribution in [0.5, 0.6) is 0 Å². The van der Waals surface area contributed by atoms with Crippen LogP contribution in [0, 0.1) is 5.92 Å². The third kappa shape index (κ3) is 1.62. The quantitative estimate of drug-likeness (QED) is 0.721. The van der Waals surface area contributed by atoms with Gasteiger partial charge in [-0.25, -0.2) is 0 Å². The van der Waals surface area contributed by atoms with Crippen molar-refractivity contribution in [2.45, 2.75) is 69.0 Å². The molecule has 1 spiro atoms. The summed E-state index contributed by atoms with van der Waals surface area (Å²) >= 11 is 0. The number of hydrogen-bond acceptors (Lipinski definition) is 2. The van der Waals surface area contributed by atoms with Crippen LogP contribution >= 0.6 is 0 Å². The largest absolute Gasteiger partial charge is 0.390 e. The van der Waals surface area contributed by atoms with Gasteiger partial charge in [-0.3, -0.25) is 0 Å². The molecule has 1 heterocycles. The monoisotopic (exact) mass is 210 g/mol. The lowest BCUT2D eigenvalue weighted by Gasteiger charge is -2.50. The first-order valence-corrected chi connectivity index (χ1v) is 6.59. The molecule has 3 rings (SSSR count). The van der Waals surface area contributed by atoms with E-state index in [1.54, 1.807) is 0 Å². The van der Waals surface area contributed by atoms with E-state index in [0.717, 1.165) is 32.3 Å². The fourth-order valence-corrected chi connectivity index (χ4v) is 3.80. The summed E-state index contributed by atoms with van der Waals surface area (Å²) in [6, 6.07) is 0. The first-order valence-electron chi connectivity index (χ1n) is 6.59. The Balaban J connectivity index is 1.70. The summed E-state index contributed by atoms with van der Waals surface area (Å²) in [4.78, 5) is 0. The molecule has 0 aromatic carbocycles. The fourth-order valence-electron chi connectivity index (χ4n) is 3.80. The summed E-state index contributed by atoms with van der Waals surface area (Å²) < 4.78 is 5.93. The second-order valence-corrected chi connectivity index (χ2v) is 5.89. The van der Waals surface area contributed by atoms with Gasteiger partial charge >= 0.3 is 0 Å². The number of aliphatic hydroxyl groups is 1. The summed E-state index contributed by atoms with van der Waals surface area (Å²) in [5.41, 5.74) is -0.131. The van der Waals surface area contributed by atoms with E-state index in [1.807, 2.05) is 0 Å². The van der Waals surface area contributed by atoms with E-state index in [4.69, 9.17) is 4.74 Å². The van der Waals surface area contributed by atoms with Gasteiger partial charge in [0.25, 0.3) is 0 Å². The minimum absolute atomic E-state index is 0.196. The lowest BCUT2D eigenvalue weighted by molar-refractivity contribution is -0.174. The Hall–Kier alpha value is -0.0800. The van der Waals surface area contributed by atoms with Gasteiger partial charge < -0.3 is 9.84 Å². The maximum atomic E-state index is 10.6.